The van der Waals surface area contributed by atoms with E-state index in [1.807, 2.05) is 42.5 Å². The van der Waals surface area contributed by atoms with Crippen molar-refractivity contribution >= 4 is 45.1 Å². The third kappa shape index (κ3) is 6.64. The molecule has 0 saturated heterocycles. The van der Waals surface area contributed by atoms with Gasteiger partial charge in [0.1, 0.15) is 5.82 Å². The number of nitrogens with zero attached hydrogens (tertiary/aromatic N) is 2. The number of hydrogen-bond acceptors (Lipinski definition) is 6. The van der Waals surface area contributed by atoms with Gasteiger partial charge in [-0.05, 0) is 91.2 Å². The summed E-state index contributed by atoms with van der Waals surface area (Å²) in [5, 5.41) is 12.9. The molecule has 48 heavy (non-hydrogen) atoms. The second-order valence-electron chi connectivity index (χ2n) is 11.7. The molecule has 6 aromatic rings. The smallest absolute Gasteiger partial charge is 0.345 e. The Morgan fingerprint density at radius 3 is 2.46 bits per heavy atom. The average molecular weight is 645 g/mol. The van der Waals surface area contributed by atoms with Crippen LogP contribution < -0.4 is 24.8 Å². The van der Waals surface area contributed by atoms with Gasteiger partial charge in [0.15, 0.2) is 11.5 Å². The lowest BCUT2D eigenvalue weighted by atomic mass is 10.1. The number of fused-ring (bicyclic) bond motifs is 2. The van der Waals surface area contributed by atoms with Crippen LogP contribution in [0.25, 0.3) is 21.7 Å². The molecule has 0 bridgehead atoms. The lowest BCUT2D eigenvalue weighted by Gasteiger charge is -2.16. The Morgan fingerprint density at radius 2 is 1.65 bits per heavy atom. The molecule has 2 amide bonds. The SMILES string of the molecule is COc1ccc(C(=O)Oc2nn(Cc3ccc(F)cc3)c3ccc(NC(=O)Nc4cccc5ccccc45)cc23)cc1OC1CCCC1. The van der Waals surface area contributed by atoms with Gasteiger partial charge in [0, 0.05) is 11.1 Å². The van der Waals surface area contributed by atoms with E-state index in [9.17, 15) is 14.0 Å². The summed E-state index contributed by atoms with van der Waals surface area (Å²) in [7, 11) is 1.56. The van der Waals surface area contributed by atoms with E-state index in [-0.39, 0.29) is 23.4 Å². The molecule has 0 aliphatic heterocycles. The van der Waals surface area contributed by atoms with E-state index in [1.54, 1.807) is 60.3 Å². The number of carbonyl (C=O) groups is 2. The number of anilines is 2. The highest BCUT2D eigenvalue weighted by Gasteiger charge is 2.22. The van der Waals surface area contributed by atoms with Gasteiger partial charge in [-0.3, -0.25) is 4.68 Å². The molecule has 2 N–H and O–H groups in total. The van der Waals surface area contributed by atoms with Gasteiger partial charge in [0.2, 0.25) is 5.88 Å². The van der Waals surface area contributed by atoms with Crippen LogP contribution in [0, 0.1) is 5.82 Å². The molecule has 1 heterocycles. The van der Waals surface area contributed by atoms with Gasteiger partial charge in [0.05, 0.1) is 41.9 Å². The number of rotatable bonds is 9. The van der Waals surface area contributed by atoms with Crippen molar-refractivity contribution in [1.82, 2.24) is 9.78 Å². The van der Waals surface area contributed by atoms with Crippen LogP contribution in [-0.4, -0.2) is 35.0 Å². The Balaban J connectivity index is 1.17. The lowest BCUT2D eigenvalue weighted by molar-refractivity contribution is 0.0727. The van der Waals surface area contributed by atoms with E-state index in [0.717, 1.165) is 42.0 Å². The minimum Gasteiger partial charge on any atom is -0.493 e. The van der Waals surface area contributed by atoms with Crippen LogP contribution in [0.3, 0.4) is 0 Å². The molecular weight excluding hydrogens is 611 g/mol. The second-order valence-corrected chi connectivity index (χ2v) is 11.7. The summed E-state index contributed by atoms with van der Waals surface area (Å²) in [5.74, 6) is 0.102. The van der Waals surface area contributed by atoms with Crippen molar-refractivity contribution in [2.45, 2.75) is 38.3 Å². The largest absolute Gasteiger partial charge is 0.493 e. The molecule has 10 heteroatoms. The van der Waals surface area contributed by atoms with Crippen molar-refractivity contribution in [3.63, 3.8) is 0 Å². The molecule has 0 spiro atoms. The van der Waals surface area contributed by atoms with Crippen molar-refractivity contribution in [2.75, 3.05) is 17.7 Å². The Kier molecular flexibility index (Phi) is 8.61. The molecule has 0 atom stereocenters. The highest BCUT2D eigenvalue weighted by molar-refractivity contribution is 6.07. The maximum absolute atomic E-state index is 13.6. The maximum atomic E-state index is 13.6. The number of methoxy groups -OCH3 is 1. The molecule has 7 rings (SSSR count). The molecule has 1 aromatic heterocycles. The summed E-state index contributed by atoms with van der Waals surface area (Å²) >= 11 is 0. The minimum absolute atomic E-state index is 0.0595. The highest BCUT2D eigenvalue weighted by Crippen LogP contribution is 2.34. The molecule has 9 nitrogen and oxygen atoms in total. The van der Waals surface area contributed by atoms with Gasteiger partial charge in [-0.1, -0.05) is 48.5 Å². The maximum Gasteiger partial charge on any atom is 0.345 e. The van der Waals surface area contributed by atoms with Crippen LogP contribution in [0.2, 0.25) is 0 Å². The molecule has 1 saturated carbocycles. The minimum atomic E-state index is -0.630. The van der Waals surface area contributed by atoms with E-state index in [0.29, 0.717) is 40.3 Å². The molecule has 0 unspecified atom stereocenters. The number of aromatic nitrogens is 2. The Labute approximate surface area is 276 Å². The first kappa shape index (κ1) is 30.7. The van der Waals surface area contributed by atoms with Crippen molar-refractivity contribution in [3.8, 4) is 17.4 Å². The predicted molar refractivity (Wildman–Crippen MR) is 183 cm³/mol. The first-order chi connectivity index (χ1) is 23.4. The van der Waals surface area contributed by atoms with Crippen molar-refractivity contribution in [2.24, 2.45) is 0 Å². The monoisotopic (exact) mass is 644 g/mol. The molecule has 1 fully saturated rings. The van der Waals surface area contributed by atoms with Crippen LogP contribution in [0.5, 0.6) is 17.4 Å². The molecule has 1 aliphatic carbocycles. The summed E-state index contributed by atoms with van der Waals surface area (Å²) in [6.45, 7) is 0.296. The Hall–Kier alpha value is -5.90. The fraction of sp³-hybridized carbons (Fsp3) is 0.184. The third-order valence-electron chi connectivity index (χ3n) is 8.44. The number of hydrogen-bond donors (Lipinski definition) is 2. The van der Waals surface area contributed by atoms with Crippen LogP contribution in [-0.2, 0) is 6.54 Å². The van der Waals surface area contributed by atoms with Gasteiger partial charge < -0.3 is 24.8 Å². The molecule has 242 valence electrons. The molecule has 0 radical (unpaired) electrons. The Morgan fingerprint density at radius 1 is 0.854 bits per heavy atom. The predicted octanol–water partition coefficient (Wildman–Crippen LogP) is 8.57. The number of halogens is 1. The average Bonchev–Trinajstić information content (AvgIpc) is 3.73. The standard InChI is InChI=1S/C38H33FN4O5/c1-46-34-20-15-26(21-35(34)47-29-9-3-4-10-29)37(44)48-36-31-22-28(18-19-33(31)43(42-36)23-24-13-16-27(39)17-14-24)40-38(45)41-32-12-6-8-25-7-2-5-11-30(25)32/h2,5-8,11-22,29H,3-4,9-10,23H2,1H3,(H2,40,41,45). The topological polar surface area (TPSA) is 104 Å². The van der Waals surface area contributed by atoms with Gasteiger partial charge in [-0.15, -0.1) is 5.10 Å². The Bertz CT molecular complexity index is 2120. The number of esters is 1. The summed E-state index contributed by atoms with van der Waals surface area (Å²) in [6.07, 6.45) is 4.17. The summed E-state index contributed by atoms with van der Waals surface area (Å²) in [4.78, 5) is 26.6. The van der Waals surface area contributed by atoms with E-state index in [2.05, 4.69) is 15.7 Å². The fourth-order valence-corrected chi connectivity index (χ4v) is 6.03. The fourth-order valence-electron chi connectivity index (χ4n) is 6.03. The number of amides is 2. The van der Waals surface area contributed by atoms with Crippen molar-refractivity contribution < 1.29 is 28.2 Å². The lowest BCUT2D eigenvalue weighted by Crippen LogP contribution is -2.19. The van der Waals surface area contributed by atoms with Gasteiger partial charge in [-0.2, -0.15) is 0 Å². The number of nitrogens with one attached hydrogen (secondary N) is 2. The summed E-state index contributed by atoms with van der Waals surface area (Å²) in [6, 6.07) is 29.3. The zero-order valence-corrected chi connectivity index (χ0v) is 26.2. The highest BCUT2D eigenvalue weighted by atomic mass is 19.1. The molecular formula is C38H33FN4O5. The molecule has 1 aliphatic rings. The second kappa shape index (κ2) is 13.4. The van der Waals surface area contributed by atoms with Crippen LogP contribution in [0.4, 0.5) is 20.6 Å². The number of benzene rings is 5. The van der Waals surface area contributed by atoms with E-state index in [1.165, 1.54) is 12.1 Å². The quantitative estimate of drug-likeness (QED) is 0.153. The van der Waals surface area contributed by atoms with Crippen LogP contribution >= 0.6 is 0 Å². The summed E-state index contributed by atoms with van der Waals surface area (Å²) < 4.78 is 32.8. The first-order valence-corrected chi connectivity index (χ1v) is 15.8. The van der Waals surface area contributed by atoms with Crippen LogP contribution in [0.15, 0.2) is 103 Å². The van der Waals surface area contributed by atoms with Gasteiger partial charge in [0.25, 0.3) is 0 Å². The van der Waals surface area contributed by atoms with Crippen molar-refractivity contribution in [3.05, 3.63) is 120 Å². The number of urea groups is 1. The first-order valence-electron chi connectivity index (χ1n) is 15.8. The number of ether oxygens (including phenoxy) is 3. The van der Waals surface area contributed by atoms with Gasteiger partial charge >= 0.3 is 12.0 Å². The van der Waals surface area contributed by atoms with Crippen LogP contribution in [0.1, 0.15) is 41.6 Å². The molecule has 5 aromatic carbocycles. The number of carbonyl (C=O) groups excluding carboxylic acids is 2. The zero-order valence-electron chi connectivity index (χ0n) is 26.2. The van der Waals surface area contributed by atoms with Gasteiger partial charge in [-0.25, -0.2) is 14.0 Å². The normalized spacial score (nSPS) is 13.0. The van der Waals surface area contributed by atoms with E-state index in [4.69, 9.17) is 14.2 Å². The van der Waals surface area contributed by atoms with E-state index >= 15 is 0 Å². The summed E-state index contributed by atoms with van der Waals surface area (Å²) in [5.41, 5.74) is 2.87. The van der Waals surface area contributed by atoms with Crippen molar-refractivity contribution in [1.29, 1.82) is 0 Å². The van der Waals surface area contributed by atoms with E-state index < -0.39 is 12.0 Å². The zero-order chi connectivity index (χ0) is 33.0. The third-order valence-corrected chi connectivity index (χ3v) is 8.44.